The molecule has 1 aliphatic rings. The van der Waals surface area contributed by atoms with Crippen LogP contribution in [0.15, 0.2) is 18.2 Å². The van der Waals surface area contributed by atoms with Crippen LogP contribution in [0.2, 0.25) is 0 Å². The fourth-order valence-electron chi connectivity index (χ4n) is 1.52. The lowest BCUT2D eigenvalue weighted by atomic mass is 10.1. The number of phenols is 1. The predicted octanol–water partition coefficient (Wildman–Crippen LogP) is 1.11. The number of hydrogen-bond acceptors (Lipinski definition) is 4. The first kappa shape index (κ1) is 8.96. The molecule has 1 aromatic carbocycles. The van der Waals surface area contributed by atoms with Gasteiger partial charge in [-0.15, -0.1) is 0 Å². The van der Waals surface area contributed by atoms with Gasteiger partial charge < -0.3 is 10.8 Å². The Bertz CT molecular complexity index is 392. The quantitative estimate of drug-likeness (QED) is 0.545. The zero-order valence-electron chi connectivity index (χ0n) is 7.38. The summed E-state index contributed by atoms with van der Waals surface area (Å²) < 4.78 is 0. The van der Waals surface area contributed by atoms with Crippen molar-refractivity contribution in [2.45, 2.75) is 18.4 Å². The number of nitrogens with two attached hydrogens (primary N) is 1. The molecule has 0 aliphatic heterocycles. The van der Waals surface area contributed by atoms with Crippen LogP contribution in [-0.2, 0) is 0 Å². The van der Waals surface area contributed by atoms with Gasteiger partial charge in [-0.1, -0.05) is 6.07 Å². The zero-order valence-corrected chi connectivity index (χ0v) is 7.38. The highest BCUT2D eigenvalue weighted by molar-refractivity contribution is 5.49. The van der Waals surface area contributed by atoms with E-state index < -0.39 is 4.92 Å². The van der Waals surface area contributed by atoms with Gasteiger partial charge in [-0.2, -0.15) is 0 Å². The normalized spacial score (nSPS) is 24.6. The average Bonchev–Trinajstić information content (AvgIpc) is 2.83. The molecule has 3 N–H and O–H groups in total. The van der Waals surface area contributed by atoms with E-state index in [1.54, 1.807) is 6.07 Å². The fourth-order valence-corrected chi connectivity index (χ4v) is 1.52. The molecule has 1 fully saturated rings. The van der Waals surface area contributed by atoms with Gasteiger partial charge in [0.15, 0.2) is 5.75 Å². The van der Waals surface area contributed by atoms with Crippen LogP contribution in [0.1, 0.15) is 17.9 Å². The van der Waals surface area contributed by atoms with Gasteiger partial charge in [0.05, 0.1) is 4.92 Å². The summed E-state index contributed by atoms with van der Waals surface area (Å²) in [4.78, 5) is 9.92. The molecular weight excluding hydrogens is 184 g/mol. The third kappa shape index (κ3) is 1.42. The summed E-state index contributed by atoms with van der Waals surface area (Å²) in [5.41, 5.74) is 6.22. The molecule has 5 heteroatoms. The van der Waals surface area contributed by atoms with Crippen molar-refractivity contribution < 1.29 is 10.0 Å². The Morgan fingerprint density at radius 1 is 1.57 bits per heavy atom. The third-order valence-corrected chi connectivity index (χ3v) is 2.46. The van der Waals surface area contributed by atoms with Gasteiger partial charge in [-0.05, 0) is 18.1 Å². The maximum absolute atomic E-state index is 10.5. The highest BCUT2D eigenvalue weighted by Gasteiger charge is 2.35. The first-order valence-corrected chi connectivity index (χ1v) is 4.32. The van der Waals surface area contributed by atoms with E-state index in [2.05, 4.69) is 0 Å². The molecule has 0 heterocycles. The van der Waals surface area contributed by atoms with Crippen molar-refractivity contribution in [3.8, 4) is 5.75 Å². The van der Waals surface area contributed by atoms with Crippen LogP contribution < -0.4 is 5.73 Å². The lowest BCUT2D eigenvalue weighted by Crippen LogP contribution is -2.01. The summed E-state index contributed by atoms with van der Waals surface area (Å²) in [6, 6.07) is 4.53. The summed E-state index contributed by atoms with van der Waals surface area (Å²) in [6.07, 6.45) is 0.863. The minimum Gasteiger partial charge on any atom is -0.502 e. The molecule has 2 unspecified atom stereocenters. The van der Waals surface area contributed by atoms with Gasteiger partial charge in [0, 0.05) is 18.0 Å². The van der Waals surface area contributed by atoms with Crippen molar-refractivity contribution in [1.29, 1.82) is 0 Å². The molecule has 1 saturated carbocycles. The molecule has 2 atom stereocenters. The summed E-state index contributed by atoms with van der Waals surface area (Å²) in [6.45, 7) is 0. The number of aromatic hydroxyl groups is 1. The van der Waals surface area contributed by atoms with E-state index in [0.717, 1.165) is 12.0 Å². The van der Waals surface area contributed by atoms with Crippen LogP contribution in [-0.4, -0.2) is 16.1 Å². The Morgan fingerprint density at radius 3 is 2.71 bits per heavy atom. The number of benzene rings is 1. The largest absolute Gasteiger partial charge is 0.502 e. The van der Waals surface area contributed by atoms with Crippen molar-refractivity contribution in [2.75, 3.05) is 0 Å². The molecule has 1 aliphatic carbocycles. The molecule has 0 spiro atoms. The van der Waals surface area contributed by atoms with Crippen molar-refractivity contribution in [3.05, 3.63) is 33.9 Å². The van der Waals surface area contributed by atoms with Gasteiger partial charge in [0.25, 0.3) is 0 Å². The first-order valence-electron chi connectivity index (χ1n) is 4.32. The Labute approximate surface area is 80.3 Å². The third-order valence-electron chi connectivity index (χ3n) is 2.46. The fraction of sp³-hybridized carbons (Fsp3) is 0.333. The van der Waals surface area contributed by atoms with E-state index >= 15 is 0 Å². The summed E-state index contributed by atoms with van der Waals surface area (Å²) in [5.74, 6) is -0.0812. The van der Waals surface area contributed by atoms with Crippen molar-refractivity contribution in [2.24, 2.45) is 5.73 Å². The van der Waals surface area contributed by atoms with E-state index in [1.807, 2.05) is 0 Å². The summed E-state index contributed by atoms with van der Waals surface area (Å²) in [7, 11) is 0. The molecule has 0 radical (unpaired) electrons. The predicted molar refractivity (Wildman–Crippen MR) is 50.1 cm³/mol. The van der Waals surface area contributed by atoms with Crippen LogP contribution in [0.5, 0.6) is 5.75 Å². The van der Waals surface area contributed by atoms with Crippen LogP contribution >= 0.6 is 0 Å². The molecule has 14 heavy (non-hydrogen) atoms. The minimum atomic E-state index is -0.591. The smallest absolute Gasteiger partial charge is 0.310 e. The Hall–Kier alpha value is -1.62. The van der Waals surface area contributed by atoms with E-state index in [9.17, 15) is 15.2 Å². The summed E-state index contributed by atoms with van der Waals surface area (Å²) in [5, 5.41) is 19.7. The van der Waals surface area contributed by atoms with Gasteiger partial charge in [0.1, 0.15) is 0 Å². The Kier molecular flexibility index (Phi) is 1.89. The second-order valence-electron chi connectivity index (χ2n) is 3.51. The number of hydrogen-bond donors (Lipinski definition) is 2. The zero-order chi connectivity index (χ0) is 10.3. The molecule has 74 valence electrons. The number of rotatable bonds is 2. The second kappa shape index (κ2) is 2.95. The molecule has 1 aromatic rings. The van der Waals surface area contributed by atoms with E-state index in [1.165, 1.54) is 12.1 Å². The number of nitro groups is 1. The molecule has 5 nitrogen and oxygen atoms in total. The first-order chi connectivity index (χ1) is 6.59. The van der Waals surface area contributed by atoms with Crippen molar-refractivity contribution in [1.82, 2.24) is 0 Å². The summed E-state index contributed by atoms with van der Waals surface area (Å²) >= 11 is 0. The lowest BCUT2D eigenvalue weighted by Gasteiger charge is -2.00. The van der Waals surface area contributed by atoms with E-state index in [0.29, 0.717) is 0 Å². The topological polar surface area (TPSA) is 89.4 Å². The average molecular weight is 194 g/mol. The van der Waals surface area contributed by atoms with Crippen molar-refractivity contribution in [3.63, 3.8) is 0 Å². The molecule has 2 rings (SSSR count). The molecule has 0 aromatic heterocycles. The van der Waals surface area contributed by atoms with Crippen LogP contribution in [0.4, 0.5) is 5.69 Å². The lowest BCUT2D eigenvalue weighted by molar-refractivity contribution is -0.385. The molecular formula is C9H10N2O3. The molecule has 0 amide bonds. The highest BCUT2D eigenvalue weighted by atomic mass is 16.6. The van der Waals surface area contributed by atoms with Gasteiger partial charge in [-0.25, -0.2) is 0 Å². The SMILES string of the molecule is NC1CC1c1ccc(O)c([N+](=O)[O-])c1. The maximum Gasteiger partial charge on any atom is 0.310 e. The van der Waals surface area contributed by atoms with E-state index in [-0.39, 0.29) is 23.4 Å². The molecule has 0 saturated heterocycles. The van der Waals surface area contributed by atoms with Crippen LogP contribution in [0.3, 0.4) is 0 Å². The van der Waals surface area contributed by atoms with Crippen LogP contribution in [0, 0.1) is 10.1 Å². The molecule has 0 bridgehead atoms. The number of nitrogens with zero attached hydrogens (tertiary/aromatic N) is 1. The minimum absolute atomic E-state index is 0.110. The standard InChI is InChI=1S/C9H10N2O3/c10-7-4-6(7)5-1-2-9(12)8(3-5)11(13)14/h1-3,6-7,12H,4,10H2. The van der Waals surface area contributed by atoms with E-state index in [4.69, 9.17) is 5.73 Å². The monoisotopic (exact) mass is 194 g/mol. The number of nitro benzene ring substituents is 1. The highest BCUT2D eigenvalue weighted by Crippen LogP contribution is 2.41. The maximum atomic E-state index is 10.5. The number of phenolic OH excluding ortho intramolecular Hbond substituents is 1. The van der Waals surface area contributed by atoms with Gasteiger partial charge in [-0.3, -0.25) is 10.1 Å². The Balaban J connectivity index is 2.36. The van der Waals surface area contributed by atoms with Crippen molar-refractivity contribution >= 4 is 5.69 Å². The second-order valence-corrected chi connectivity index (χ2v) is 3.51. The van der Waals surface area contributed by atoms with Gasteiger partial charge in [0.2, 0.25) is 0 Å². The van der Waals surface area contributed by atoms with Gasteiger partial charge >= 0.3 is 5.69 Å². The van der Waals surface area contributed by atoms with Crippen LogP contribution in [0.25, 0.3) is 0 Å². The Morgan fingerprint density at radius 2 is 2.21 bits per heavy atom.